The van der Waals surface area contributed by atoms with Gasteiger partial charge in [-0.2, -0.15) is 4.98 Å². The van der Waals surface area contributed by atoms with Crippen LogP contribution in [0, 0.1) is 0 Å². The molecule has 1 aliphatic rings. The summed E-state index contributed by atoms with van der Waals surface area (Å²) in [7, 11) is 3.38. The molecule has 140 valence electrons. The first-order valence-electron chi connectivity index (χ1n) is 8.65. The van der Waals surface area contributed by atoms with Crippen LogP contribution >= 0.6 is 0 Å². The molecule has 1 aromatic heterocycles. The number of carbonyl (C=O) groups excluding carboxylic acids is 2. The Hall–Kier alpha value is -2.38. The van der Waals surface area contributed by atoms with Crippen LogP contribution in [0.15, 0.2) is 6.20 Å². The number of nitrogens with one attached hydrogen (secondary N) is 2. The third-order valence-corrected chi connectivity index (χ3v) is 3.63. The van der Waals surface area contributed by atoms with Crippen molar-refractivity contribution in [1.29, 1.82) is 0 Å². The molecule has 0 radical (unpaired) electrons. The van der Waals surface area contributed by atoms with Gasteiger partial charge in [0.05, 0.1) is 5.56 Å². The highest BCUT2D eigenvalue weighted by atomic mass is 16.1. The van der Waals surface area contributed by atoms with Crippen molar-refractivity contribution in [1.82, 2.24) is 14.9 Å². The van der Waals surface area contributed by atoms with Crippen molar-refractivity contribution in [3.63, 3.8) is 0 Å². The molecule has 4 N–H and O–H groups in total. The number of carbonyl (C=O) groups is 2. The Morgan fingerprint density at radius 2 is 1.92 bits per heavy atom. The summed E-state index contributed by atoms with van der Waals surface area (Å²) < 4.78 is 0. The van der Waals surface area contributed by atoms with E-state index in [-0.39, 0.29) is 6.04 Å². The van der Waals surface area contributed by atoms with Crippen LogP contribution in [0.1, 0.15) is 56.3 Å². The number of nitrogens with two attached hydrogens (primary N) is 1. The normalized spacial score (nSPS) is 14.3. The quantitative estimate of drug-likeness (QED) is 0.675. The van der Waals surface area contributed by atoms with E-state index >= 15 is 0 Å². The molecule has 2 rings (SSSR count). The average molecular weight is 350 g/mol. The van der Waals surface area contributed by atoms with Gasteiger partial charge in [0, 0.05) is 32.4 Å². The average Bonchev–Trinajstić information content (AvgIpc) is 2.55. The number of hydrogen-bond donors (Lipinski definition) is 3. The molecule has 1 fully saturated rings. The summed E-state index contributed by atoms with van der Waals surface area (Å²) in [6.45, 7) is 3.97. The number of hydrogen-bond acceptors (Lipinski definition) is 6. The standard InChI is InChI=1S/C14H23N5O.C3H7NO/c1-9(2)17-13-11(12(15)20)8-16-14(19-13)18-10-6-4-3-5-7-10;1-4(2)3-5/h8-10H,3-7H2,1-2H3,(H2,15,20)(H2,16,17,18,19);3H,1-2H3. The van der Waals surface area contributed by atoms with Crippen molar-refractivity contribution in [3.8, 4) is 0 Å². The highest BCUT2D eigenvalue weighted by Gasteiger charge is 2.17. The fraction of sp³-hybridized carbons (Fsp3) is 0.647. The van der Waals surface area contributed by atoms with Gasteiger partial charge in [0.2, 0.25) is 12.4 Å². The number of amides is 2. The number of aromatic nitrogens is 2. The summed E-state index contributed by atoms with van der Waals surface area (Å²) in [5.74, 6) is 0.545. The van der Waals surface area contributed by atoms with Crippen LogP contribution in [0.2, 0.25) is 0 Å². The van der Waals surface area contributed by atoms with Crippen molar-refractivity contribution in [2.24, 2.45) is 5.73 Å². The monoisotopic (exact) mass is 350 g/mol. The van der Waals surface area contributed by atoms with Gasteiger partial charge in [-0.05, 0) is 26.7 Å². The van der Waals surface area contributed by atoms with Crippen LogP contribution < -0.4 is 16.4 Å². The minimum Gasteiger partial charge on any atom is -0.367 e. The van der Waals surface area contributed by atoms with Crippen LogP contribution in [0.4, 0.5) is 11.8 Å². The SMILES string of the molecule is CC(C)Nc1nc(NC2CCCCC2)ncc1C(N)=O.CN(C)C=O. The fourth-order valence-corrected chi connectivity index (χ4v) is 2.44. The zero-order chi connectivity index (χ0) is 18.8. The van der Waals surface area contributed by atoms with Crippen molar-refractivity contribution < 1.29 is 9.59 Å². The molecule has 0 atom stereocenters. The molecule has 0 bridgehead atoms. The minimum atomic E-state index is -0.516. The van der Waals surface area contributed by atoms with Crippen LogP contribution in [0.3, 0.4) is 0 Å². The fourth-order valence-electron chi connectivity index (χ4n) is 2.44. The van der Waals surface area contributed by atoms with E-state index in [4.69, 9.17) is 5.73 Å². The van der Waals surface area contributed by atoms with Crippen molar-refractivity contribution in [2.45, 2.75) is 58.0 Å². The molecule has 8 nitrogen and oxygen atoms in total. The summed E-state index contributed by atoms with van der Waals surface area (Å²) in [6, 6.07) is 0.598. The molecule has 0 saturated heterocycles. The second-order valence-corrected chi connectivity index (χ2v) is 6.67. The third kappa shape index (κ3) is 7.82. The lowest BCUT2D eigenvalue weighted by Gasteiger charge is -2.23. The first kappa shape index (κ1) is 20.7. The highest BCUT2D eigenvalue weighted by Crippen LogP contribution is 2.21. The Bertz CT molecular complexity index is 556. The van der Waals surface area contributed by atoms with Gasteiger partial charge >= 0.3 is 0 Å². The number of rotatable bonds is 6. The first-order chi connectivity index (χ1) is 11.8. The lowest BCUT2D eigenvalue weighted by atomic mass is 9.96. The maximum absolute atomic E-state index is 11.4. The summed E-state index contributed by atoms with van der Waals surface area (Å²) in [5.41, 5.74) is 5.67. The number of anilines is 2. The van der Waals surface area contributed by atoms with Gasteiger partial charge in [-0.1, -0.05) is 19.3 Å². The Balaban J connectivity index is 0.000000550. The molecule has 25 heavy (non-hydrogen) atoms. The van der Waals surface area contributed by atoms with E-state index in [1.54, 1.807) is 14.1 Å². The van der Waals surface area contributed by atoms with Gasteiger partial charge in [0.25, 0.3) is 5.91 Å². The van der Waals surface area contributed by atoms with Crippen molar-refractivity contribution >= 4 is 24.1 Å². The van der Waals surface area contributed by atoms with E-state index in [0.29, 0.717) is 23.4 Å². The van der Waals surface area contributed by atoms with E-state index in [9.17, 15) is 9.59 Å². The largest absolute Gasteiger partial charge is 0.367 e. The highest BCUT2D eigenvalue weighted by molar-refractivity contribution is 5.97. The smallest absolute Gasteiger partial charge is 0.254 e. The maximum atomic E-state index is 11.4. The molecule has 0 unspecified atom stereocenters. The molecule has 0 aromatic carbocycles. The zero-order valence-electron chi connectivity index (χ0n) is 15.6. The number of nitrogens with zero attached hydrogens (tertiary/aromatic N) is 3. The van der Waals surface area contributed by atoms with E-state index in [1.807, 2.05) is 13.8 Å². The predicted molar refractivity (Wildman–Crippen MR) is 99.6 cm³/mol. The van der Waals surface area contributed by atoms with E-state index in [1.165, 1.54) is 30.4 Å². The van der Waals surface area contributed by atoms with Gasteiger partial charge in [-0.3, -0.25) is 9.59 Å². The number of primary amides is 1. The Kier molecular flexibility index (Phi) is 8.66. The summed E-state index contributed by atoms with van der Waals surface area (Å²) in [5, 5.41) is 6.49. The zero-order valence-corrected chi connectivity index (χ0v) is 15.6. The second kappa shape index (κ2) is 10.5. The first-order valence-corrected chi connectivity index (χ1v) is 8.65. The predicted octanol–water partition coefficient (Wildman–Crippen LogP) is 1.84. The molecule has 8 heteroatoms. The van der Waals surface area contributed by atoms with Crippen molar-refractivity contribution in [3.05, 3.63) is 11.8 Å². The molecular weight excluding hydrogens is 320 g/mol. The lowest BCUT2D eigenvalue weighted by molar-refractivity contribution is -0.115. The molecule has 1 aromatic rings. The van der Waals surface area contributed by atoms with Crippen LogP contribution in [0.25, 0.3) is 0 Å². The Morgan fingerprint density at radius 1 is 1.32 bits per heavy atom. The Labute approximate surface area is 149 Å². The molecule has 1 aliphatic carbocycles. The molecular formula is C17H30N6O2. The van der Waals surface area contributed by atoms with E-state index in [2.05, 4.69) is 20.6 Å². The van der Waals surface area contributed by atoms with Crippen LogP contribution in [0.5, 0.6) is 0 Å². The molecule has 2 amide bonds. The van der Waals surface area contributed by atoms with E-state index in [0.717, 1.165) is 19.3 Å². The van der Waals surface area contributed by atoms with Crippen LogP contribution in [-0.4, -0.2) is 53.4 Å². The minimum absolute atomic E-state index is 0.172. The van der Waals surface area contributed by atoms with Gasteiger partial charge in [0.15, 0.2) is 0 Å². The van der Waals surface area contributed by atoms with Gasteiger partial charge in [-0.15, -0.1) is 0 Å². The summed E-state index contributed by atoms with van der Waals surface area (Å²) in [6.07, 6.45) is 8.33. The molecule has 1 heterocycles. The maximum Gasteiger partial charge on any atom is 0.254 e. The lowest BCUT2D eigenvalue weighted by Crippen LogP contribution is -2.25. The summed E-state index contributed by atoms with van der Waals surface area (Å²) >= 11 is 0. The molecule has 1 saturated carbocycles. The van der Waals surface area contributed by atoms with Gasteiger partial charge in [0.1, 0.15) is 5.82 Å². The third-order valence-electron chi connectivity index (χ3n) is 3.63. The molecule has 0 spiro atoms. The second-order valence-electron chi connectivity index (χ2n) is 6.67. The van der Waals surface area contributed by atoms with Crippen molar-refractivity contribution in [2.75, 3.05) is 24.7 Å². The molecule has 0 aliphatic heterocycles. The van der Waals surface area contributed by atoms with Gasteiger partial charge in [-0.25, -0.2) is 4.98 Å². The topological polar surface area (TPSA) is 113 Å². The summed E-state index contributed by atoms with van der Waals surface area (Å²) in [4.78, 5) is 30.9. The Morgan fingerprint density at radius 3 is 2.40 bits per heavy atom. The van der Waals surface area contributed by atoms with Crippen LogP contribution in [-0.2, 0) is 4.79 Å². The van der Waals surface area contributed by atoms with E-state index < -0.39 is 5.91 Å². The van der Waals surface area contributed by atoms with Gasteiger partial charge < -0.3 is 21.3 Å².